The van der Waals surface area contributed by atoms with Gasteiger partial charge in [0.05, 0.1) is 11.3 Å². The Morgan fingerprint density at radius 3 is 2.68 bits per heavy atom. The zero-order chi connectivity index (χ0) is 21.8. The molecule has 0 saturated heterocycles. The van der Waals surface area contributed by atoms with Gasteiger partial charge in [-0.1, -0.05) is 55.4 Å². The summed E-state index contributed by atoms with van der Waals surface area (Å²) in [5, 5.41) is 14.8. The maximum atomic E-state index is 13.2. The molecule has 1 unspecified atom stereocenters. The molecule has 6 nitrogen and oxygen atoms in total. The molecule has 1 aliphatic heterocycles. The molecule has 5 rings (SSSR count). The summed E-state index contributed by atoms with van der Waals surface area (Å²) in [7, 11) is 0. The molecule has 0 radical (unpaired) electrons. The lowest BCUT2D eigenvalue weighted by Crippen LogP contribution is -2.33. The standard InChI is InChI=1S/C25H21N3O3/c1-25(2)11-19(29)22-20(12-25)30-24(27)17(13-26)21(22)15-8-9-18-16(10-15)23(31-28-18)14-6-4-3-5-7-14/h3-10,21H,11-12,27H2,1-2H3. The summed E-state index contributed by atoms with van der Waals surface area (Å²) >= 11 is 0. The lowest BCUT2D eigenvalue weighted by molar-refractivity contribution is -0.119. The highest BCUT2D eigenvalue weighted by Gasteiger charge is 2.43. The Kier molecular flexibility index (Phi) is 4.23. The fraction of sp³-hybridized carbons (Fsp3) is 0.240. The minimum Gasteiger partial charge on any atom is -0.444 e. The number of nitriles is 1. The monoisotopic (exact) mass is 411 g/mol. The molecule has 0 bridgehead atoms. The molecule has 154 valence electrons. The number of ether oxygens (including phenoxy) is 1. The number of rotatable bonds is 2. The fourth-order valence-corrected chi connectivity index (χ4v) is 4.55. The molecule has 2 aliphatic rings. The molecule has 1 aromatic heterocycles. The van der Waals surface area contributed by atoms with Crippen LogP contribution in [0.5, 0.6) is 0 Å². The van der Waals surface area contributed by atoms with E-state index in [0.717, 1.165) is 16.5 Å². The van der Waals surface area contributed by atoms with Crippen molar-refractivity contribution in [1.29, 1.82) is 5.26 Å². The summed E-state index contributed by atoms with van der Waals surface area (Å²) in [5.41, 5.74) is 9.09. The predicted octanol–water partition coefficient (Wildman–Crippen LogP) is 4.95. The van der Waals surface area contributed by atoms with Crippen LogP contribution in [0.15, 0.2) is 75.8 Å². The van der Waals surface area contributed by atoms with E-state index in [9.17, 15) is 10.1 Å². The van der Waals surface area contributed by atoms with Crippen LogP contribution in [0, 0.1) is 16.7 Å². The first-order chi connectivity index (χ1) is 14.9. The topological polar surface area (TPSA) is 102 Å². The molecule has 3 aromatic rings. The highest BCUT2D eigenvalue weighted by atomic mass is 16.5. The first-order valence-corrected chi connectivity index (χ1v) is 10.2. The van der Waals surface area contributed by atoms with Crippen molar-refractivity contribution in [1.82, 2.24) is 5.16 Å². The van der Waals surface area contributed by atoms with E-state index in [4.69, 9.17) is 15.0 Å². The Morgan fingerprint density at radius 1 is 1.16 bits per heavy atom. The van der Waals surface area contributed by atoms with Crippen LogP contribution in [0.4, 0.5) is 0 Å². The molecular formula is C25H21N3O3. The van der Waals surface area contributed by atoms with Gasteiger partial charge in [0.2, 0.25) is 5.88 Å². The molecule has 1 atom stereocenters. The summed E-state index contributed by atoms with van der Waals surface area (Å²) in [4.78, 5) is 13.2. The number of ketones is 1. The SMILES string of the molecule is CC1(C)CC(=O)C2=C(C1)OC(N)=C(C#N)C2c1ccc2noc(-c3ccccc3)c2c1. The largest absolute Gasteiger partial charge is 0.444 e. The predicted molar refractivity (Wildman–Crippen MR) is 115 cm³/mol. The van der Waals surface area contributed by atoms with Crippen LogP contribution in [-0.4, -0.2) is 10.9 Å². The van der Waals surface area contributed by atoms with Crippen LogP contribution in [0.1, 0.15) is 38.2 Å². The van der Waals surface area contributed by atoms with E-state index >= 15 is 0 Å². The maximum absolute atomic E-state index is 13.2. The van der Waals surface area contributed by atoms with Gasteiger partial charge < -0.3 is 15.0 Å². The van der Waals surface area contributed by atoms with Crippen molar-refractivity contribution in [3.8, 4) is 17.4 Å². The van der Waals surface area contributed by atoms with Crippen LogP contribution in [-0.2, 0) is 9.53 Å². The van der Waals surface area contributed by atoms with E-state index in [2.05, 4.69) is 11.2 Å². The molecule has 0 saturated carbocycles. The average molecular weight is 411 g/mol. The van der Waals surface area contributed by atoms with Gasteiger partial charge in [0.25, 0.3) is 0 Å². The third-order valence-corrected chi connectivity index (χ3v) is 5.95. The number of fused-ring (bicyclic) bond motifs is 1. The van der Waals surface area contributed by atoms with Gasteiger partial charge in [-0.2, -0.15) is 5.26 Å². The molecule has 2 N–H and O–H groups in total. The number of carbonyl (C=O) groups excluding carboxylic acids is 1. The van der Waals surface area contributed by atoms with Crippen molar-refractivity contribution >= 4 is 16.7 Å². The van der Waals surface area contributed by atoms with E-state index in [1.165, 1.54) is 0 Å². The first kappa shape index (κ1) is 19.1. The molecule has 6 heteroatoms. The minimum atomic E-state index is -0.569. The second-order valence-electron chi connectivity index (χ2n) is 8.86. The number of nitrogens with two attached hydrogens (primary N) is 1. The summed E-state index contributed by atoms with van der Waals surface area (Å²) in [6.45, 7) is 4.06. The van der Waals surface area contributed by atoms with Gasteiger partial charge in [-0.05, 0) is 23.1 Å². The Labute approximate surface area is 179 Å². The van der Waals surface area contributed by atoms with Gasteiger partial charge >= 0.3 is 0 Å². The zero-order valence-electron chi connectivity index (χ0n) is 17.3. The molecule has 2 aromatic carbocycles. The summed E-state index contributed by atoms with van der Waals surface area (Å²) in [6, 6.07) is 17.5. The van der Waals surface area contributed by atoms with Crippen molar-refractivity contribution in [3.63, 3.8) is 0 Å². The van der Waals surface area contributed by atoms with Crippen LogP contribution in [0.3, 0.4) is 0 Å². The Morgan fingerprint density at radius 2 is 1.94 bits per heavy atom. The minimum absolute atomic E-state index is 0.00908. The molecule has 31 heavy (non-hydrogen) atoms. The third-order valence-electron chi connectivity index (χ3n) is 5.95. The fourth-order valence-electron chi connectivity index (χ4n) is 4.55. The molecule has 0 amide bonds. The average Bonchev–Trinajstić information content (AvgIpc) is 3.15. The van der Waals surface area contributed by atoms with Gasteiger partial charge in [-0.3, -0.25) is 4.79 Å². The molecule has 1 aliphatic carbocycles. The van der Waals surface area contributed by atoms with Gasteiger partial charge in [-0.25, -0.2) is 0 Å². The third kappa shape index (κ3) is 3.10. The van der Waals surface area contributed by atoms with E-state index in [1.807, 2.05) is 62.4 Å². The van der Waals surface area contributed by atoms with Gasteiger partial charge in [0, 0.05) is 24.0 Å². The number of nitrogens with zero attached hydrogens (tertiary/aromatic N) is 2. The smallest absolute Gasteiger partial charge is 0.205 e. The number of allylic oxidation sites excluding steroid dienone is 3. The van der Waals surface area contributed by atoms with Crippen molar-refractivity contribution in [2.45, 2.75) is 32.6 Å². The zero-order valence-corrected chi connectivity index (χ0v) is 17.3. The van der Waals surface area contributed by atoms with E-state index in [0.29, 0.717) is 35.5 Å². The molecule has 2 heterocycles. The lowest BCUT2D eigenvalue weighted by atomic mass is 9.70. The molecule has 0 spiro atoms. The number of hydrogen-bond donors (Lipinski definition) is 1. The second kappa shape index (κ2) is 6.85. The summed E-state index contributed by atoms with van der Waals surface area (Å²) in [5.74, 6) is 0.692. The summed E-state index contributed by atoms with van der Waals surface area (Å²) < 4.78 is 11.4. The Bertz CT molecular complexity index is 1320. The van der Waals surface area contributed by atoms with Crippen LogP contribution in [0.25, 0.3) is 22.2 Å². The van der Waals surface area contributed by atoms with Crippen molar-refractivity contribution in [2.75, 3.05) is 0 Å². The maximum Gasteiger partial charge on any atom is 0.205 e. The molecular weight excluding hydrogens is 390 g/mol. The van der Waals surface area contributed by atoms with E-state index < -0.39 is 5.92 Å². The number of carbonyl (C=O) groups is 1. The van der Waals surface area contributed by atoms with Crippen molar-refractivity contribution in [3.05, 3.63) is 76.9 Å². The highest BCUT2D eigenvalue weighted by Crippen LogP contribution is 2.48. The van der Waals surface area contributed by atoms with Crippen LogP contribution >= 0.6 is 0 Å². The Hall–Kier alpha value is -3.85. The summed E-state index contributed by atoms with van der Waals surface area (Å²) in [6.07, 6.45) is 0.990. The van der Waals surface area contributed by atoms with E-state index in [1.54, 1.807) is 0 Å². The normalized spacial score (nSPS) is 20.4. The van der Waals surface area contributed by atoms with Crippen LogP contribution < -0.4 is 5.73 Å². The highest BCUT2D eigenvalue weighted by molar-refractivity contribution is 6.00. The van der Waals surface area contributed by atoms with Crippen molar-refractivity contribution in [2.24, 2.45) is 11.1 Å². The number of aromatic nitrogens is 1. The van der Waals surface area contributed by atoms with Gasteiger partial charge in [-0.15, -0.1) is 0 Å². The quantitative estimate of drug-likeness (QED) is 0.640. The lowest BCUT2D eigenvalue weighted by Gasteiger charge is -2.37. The van der Waals surface area contributed by atoms with Crippen molar-refractivity contribution < 1.29 is 14.1 Å². The van der Waals surface area contributed by atoms with Gasteiger partial charge in [0.15, 0.2) is 11.5 Å². The number of benzene rings is 2. The first-order valence-electron chi connectivity index (χ1n) is 10.2. The number of hydrogen-bond acceptors (Lipinski definition) is 6. The second-order valence-corrected chi connectivity index (χ2v) is 8.86. The molecule has 0 fully saturated rings. The number of Topliss-reactive ketones (excluding diaryl/α,β-unsaturated/α-hetero) is 1. The Balaban J connectivity index is 1.70. The van der Waals surface area contributed by atoms with Crippen LogP contribution in [0.2, 0.25) is 0 Å². The van der Waals surface area contributed by atoms with E-state index in [-0.39, 0.29) is 22.7 Å². The van der Waals surface area contributed by atoms with Gasteiger partial charge in [0.1, 0.15) is 22.9 Å².